The summed E-state index contributed by atoms with van der Waals surface area (Å²) in [5, 5.41) is 2.49. The van der Waals surface area contributed by atoms with Crippen molar-refractivity contribution in [3.8, 4) is 11.5 Å². The number of benzene rings is 2. The Morgan fingerprint density at radius 1 is 1.06 bits per heavy atom. The predicted octanol–water partition coefficient (Wildman–Crippen LogP) is 3.92. The van der Waals surface area contributed by atoms with Crippen LogP contribution in [0.4, 0.5) is 24.5 Å². The largest absolute Gasteiger partial charge is 0.573 e. The zero-order chi connectivity index (χ0) is 22.9. The lowest BCUT2D eigenvalue weighted by Crippen LogP contribution is -2.57. The molecule has 1 aliphatic rings. The summed E-state index contributed by atoms with van der Waals surface area (Å²) in [5.41, 5.74) is 0.561. The van der Waals surface area contributed by atoms with Crippen LogP contribution >= 0.6 is 0 Å². The lowest BCUT2D eigenvalue weighted by atomic mass is 10.0. The number of anilines is 2. The monoisotopic (exact) mass is 458 g/mol. The highest BCUT2D eigenvalue weighted by Gasteiger charge is 2.52. The number of amides is 1. The second-order valence-electron chi connectivity index (χ2n) is 7.14. The van der Waals surface area contributed by atoms with Crippen LogP contribution in [0.5, 0.6) is 11.5 Å². The maximum Gasteiger partial charge on any atom is 0.573 e. The van der Waals surface area contributed by atoms with Crippen LogP contribution in [0.15, 0.2) is 48.5 Å². The Hall–Kier alpha value is -2.95. The molecule has 1 fully saturated rings. The van der Waals surface area contributed by atoms with E-state index in [1.165, 1.54) is 30.5 Å². The number of methoxy groups -OCH3 is 1. The van der Waals surface area contributed by atoms with Gasteiger partial charge in [0.05, 0.1) is 12.8 Å². The maximum atomic E-state index is 13.3. The minimum Gasteiger partial charge on any atom is -0.497 e. The molecule has 0 bridgehead atoms. The molecule has 3 rings (SSSR count). The standard InChI is InChI=1S/C20H21F3N2O5S/c1-19(18(26)24-14-4-8-17(9-5-14)30-20(21,22)23)12-3-13-25(31(19,27)28)15-6-10-16(29-2)11-7-15/h4-11H,3,12-13H2,1-2H3,(H,24,26)/t19-/m0/s1. The van der Waals surface area contributed by atoms with Crippen molar-refractivity contribution < 1.29 is 35.9 Å². The van der Waals surface area contributed by atoms with Gasteiger partial charge in [0, 0.05) is 12.2 Å². The molecule has 0 saturated carbocycles. The van der Waals surface area contributed by atoms with Gasteiger partial charge in [-0.1, -0.05) is 0 Å². The smallest absolute Gasteiger partial charge is 0.497 e. The summed E-state index contributed by atoms with van der Waals surface area (Å²) in [6.45, 7) is 1.56. The van der Waals surface area contributed by atoms with Crippen LogP contribution in [-0.2, 0) is 14.8 Å². The predicted molar refractivity (Wildman–Crippen MR) is 109 cm³/mol. The minimum absolute atomic E-state index is 0.100. The van der Waals surface area contributed by atoms with Crippen molar-refractivity contribution in [2.45, 2.75) is 30.9 Å². The second kappa shape index (κ2) is 8.29. The molecule has 1 atom stereocenters. The Morgan fingerprint density at radius 3 is 2.19 bits per heavy atom. The normalized spacial score (nSPS) is 20.7. The van der Waals surface area contributed by atoms with Crippen molar-refractivity contribution in [3.05, 3.63) is 48.5 Å². The SMILES string of the molecule is COc1ccc(N2CCC[C@@](C)(C(=O)Nc3ccc(OC(F)(F)F)cc3)S2(=O)=O)cc1. The van der Waals surface area contributed by atoms with Gasteiger partial charge in [0.2, 0.25) is 15.9 Å². The zero-order valence-electron chi connectivity index (χ0n) is 16.8. The van der Waals surface area contributed by atoms with E-state index in [2.05, 4.69) is 10.1 Å². The number of sulfonamides is 1. The van der Waals surface area contributed by atoms with Crippen molar-refractivity contribution in [3.63, 3.8) is 0 Å². The molecule has 0 aromatic heterocycles. The number of hydrogen-bond acceptors (Lipinski definition) is 5. The molecule has 2 aromatic rings. The average Bonchev–Trinajstić information content (AvgIpc) is 2.70. The molecule has 0 unspecified atom stereocenters. The van der Waals surface area contributed by atoms with Crippen LogP contribution in [-0.4, -0.2) is 39.1 Å². The Kier molecular flexibility index (Phi) is 6.08. The van der Waals surface area contributed by atoms with Crippen molar-refractivity contribution in [1.82, 2.24) is 0 Å². The Morgan fingerprint density at radius 2 is 1.65 bits per heavy atom. The van der Waals surface area contributed by atoms with Crippen molar-refractivity contribution in [1.29, 1.82) is 0 Å². The van der Waals surface area contributed by atoms with Crippen molar-refractivity contribution in [2.75, 3.05) is 23.3 Å². The Balaban J connectivity index is 1.80. The first kappa shape index (κ1) is 22.7. The molecule has 1 N–H and O–H groups in total. The number of ether oxygens (including phenoxy) is 2. The average molecular weight is 458 g/mol. The lowest BCUT2D eigenvalue weighted by molar-refractivity contribution is -0.274. The summed E-state index contributed by atoms with van der Waals surface area (Å²) >= 11 is 0. The van der Waals surface area contributed by atoms with E-state index in [4.69, 9.17) is 4.74 Å². The molecule has 2 aromatic carbocycles. The third-order valence-electron chi connectivity index (χ3n) is 5.06. The summed E-state index contributed by atoms with van der Waals surface area (Å²) in [4.78, 5) is 12.9. The van der Waals surface area contributed by atoms with E-state index in [1.807, 2.05) is 0 Å². The highest BCUT2D eigenvalue weighted by molar-refractivity contribution is 7.95. The van der Waals surface area contributed by atoms with E-state index in [-0.39, 0.29) is 18.7 Å². The highest BCUT2D eigenvalue weighted by Crippen LogP contribution is 2.37. The summed E-state index contributed by atoms with van der Waals surface area (Å²) < 4.78 is 71.8. The van der Waals surface area contributed by atoms with Crippen LogP contribution < -0.4 is 19.1 Å². The quantitative estimate of drug-likeness (QED) is 0.734. The molecule has 0 radical (unpaired) electrons. The molecule has 7 nitrogen and oxygen atoms in total. The molecular weight excluding hydrogens is 437 g/mol. The summed E-state index contributed by atoms with van der Waals surface area (Å²) in [7, 11) is -2.59. The van der Waals surface area contributed by atoms with E-state index >= 15 is 0 Å². The van der Waals surface area contributed by atoms with E-state index in [1.54, 1.807) is 24.3 Å². The lowest BCUT2D eigenvalue weighted by Gasteiger charge is -2.39. The van der Waals surface area contributed by atoms with E-state index in [9.17, 15) is 26.4 Å². The van der Waals surface area contributed by atoms with Gasteiger partial charge in [0.15, 0.2) is 4.75 Å². The fourth-order valence-corrected chi connectivity index (χ4v) is 5.25. The van der Waals surface area contributed by atoms with Gasteiger partial charge in [-0.2, -0.15) is 0 Å². The van der Waals surface area contributed by atoms with Crippen molar-refractivity contribution >= 4 is 27.3 Å². The fourth-order valence-electron chi connectivity index (χ4n) is 3.30. The molecule has 0 aliphatic carbocycles. The highest BCUT2D eigenvalue weighted by atomic mass is 32.2. The van der Waals surface area contributed by atoms with E-state index in [0.29, 0.717) is 17.9 Å². The molecule has 1 aliphatic heterocycles. The Labute approximate surface area is 177 Å². The summed E-state index contributed by atoms with van der Waals surface area (Å²) in [6.07, 6.45) is -4.28. The van der Waals surface area contributed by atoms with Gasteiger partial charge < -0.3 is 14.8 Å². The molecule has 11 heteroatoms. The summed E-state index contributed by atoms with van der Waals surface area (Å²) in [6, 6.07) is 10.9. The van der Waals surface area contributed by atoms with E-state index < -0.39 is 32.8 Å². The van der Waals surface area contributed by atoms with E-state index in [0.717, 1.165) is 12.1 Å². The van der Waals surface area contributed by atoms with Crippen molar-refractivity contribution in [2.24, 2.45) is 0 Å². The van der Waals surface area contributed by atoms with Gasteiger partial charge in [-0.25, -0.2) is 8.42 Å². The molecular formula is C20H21F3N2O5S. The number of hydrogen-bond donors (Lipinski definition) is 1. The number of carbonyl (C=O) groups is 1. The third kappa shape index (κ3) is 4.71. The molecule has 168 valence electrons. The van der Waals surface area contributed by atoms with Gasteiger partial charge in [-0.15, -0.1) is 13.2 Å². The van der Waals surface area contributed by atoms with Gasteiger partial charge in [0.1, 0.15) is 11.5 Å². The Bertz CT molecular complexity index is 1040. The van der Waals surface area contributed by atoms with Gasteiger partial charge >= 0.3 is 6.36 Å². The number of nitrogens with zero attached hydrogens (tertiary/aromatic N) is 1. The molecule has 1 amide bonds. The first-order chi connectivity index (χ1) is 14.5. The van der Waals surface area contributed by atoms with Crippen LogP contribution in [0.25, 0.3) is 0 Å². The molecule has 31 heavy (non-hydrogen) atoms. The second-order valence-corrected chi connectivity index (χ2v) is 9.43. The molecule has 1 heterocycles. The van der Waals surface area contributed by atoms with Gasteiger partial charge in [-0.3, -0.25) is 9.10 Å². The zero-order valence-corrected chi connectivity index (χ0v) is 17.6. The third-order valence-corrected chi connectivity index (χ3v) is 7.56. The molecule has 0 spiro atoms. The number of nitrogens with one attached hydrogen (secondary N) is 1. The number of halogens is 3. The maximum absolute atomic E-state index is 13.3. The topological polar surface area (TPSA) is 84.9 Å². The minimum atomic E-state index is -4.83. The summed E-state index contributed by atoms with van der Waals surface area (Å²) in [5.74, 6) is -0.653. The first-order valence-corrected chi connectivity index (χ1v) is 10.7. The number of alkyl halides is 3. The fraction of sp³-hybridized carbons (Fsp3) is 0.350. The van der Waals surface area contributed by atoms with Crippen LogP contribution in [0.3, 0.4) is 0 Å². The number of rotatable bonds is 5. The van der Waals surface area contributed by atoms with Gasteiger partial charge in [0.25, 0.3) is 0 Å². The van der Waals surface area contributed by atoms with Crippen LogP contribution in [0.2, 0.25) is 0 Å². The number of carbonyl (C=O) groups excluding carboxylic acids is 1. The van der Waals surface area contributed by atoms with Crippen LogP contribution in [0.1, 0.15) is 19.8 Å². The van der Waals surface area contributed by atoms with Crippen LogP contribution in [0, 0.1) is 0 Å². The van der Waals surface area contributed by atoms with Gasteiger partial charge in [-0.05, 0) is 68.3 Å². The molecule has 1 saturated heterocycles. The first-order valence-electron chi connectivity index (χ1n) is 9.30.